The number of hydrogen-bond acceptors (Lipinski definition) is 2. The third-order valence-corrected chi connectivity index (χ3v) is 2.73. The van der Waals surface area contributed by atoms with E-state index in [1.807, 2.05) is 20.8 Å². The molecule has 0 aromatic carbocycles. The first kappa shape index (κ1) is 12.0. The molecule has 3 heteroatoms. The Morgan fingerprint density at radius 1 is 1.40 bits per heavy atom. The Kier molecular flexibility index (Phi) is 3.73. The maximum atomic E-state index is 11.9. The highest BCUT2D eigenvalue weighted by Gasteiger charge is 2.28. The average molecular weight is 208 g/mol. The Morgan fingerprint density at radius 3 is 2.60 bits per heavy atom. The Balaban J connectivity index is 2.50. The monoisotopic (exact) mass is 208 g/mol. The van der Waals surface area contributed by atoms with Gasteiger partial charge in [-0.1, -0.05) is 6.42 Å². The molecule has 1 fully saturated rings. The van der Waals surface area contributed by atoms with Gasteiger partial charge in [-0.25, -0.2) is 0 Å². The summed E-state index contributed by atoms with van der Waals surface area (Å²) in [5.41, 5.74) is -0.170. The first-order valence-electron chi connectivity index (χ1n) is 5.64. The molecule has 0 aromatic heterocycles. The summed E-state index contributed by atoms with van der Waals surface area (Å²) in [5.74, 6) is 0.236. The van der Waals surface area contributed by atoms with Crippen molar-refractivity contribution < 1.29 is 4.79 Å². The number of carbonyl (C=O) groups excluding carboxylic acids is 1. The number of rotatable bonds is 1. The van der Waals surface area contributed by atoms with E-state index >= 15 is 0 Å². The topological polar surface area (TPSA) is 52.9 Å². The van der Waals surface area contributed by atoms with Gasteiger partial charge < -0.3 is 5.32 Å². The molecule has 0 spiro atoms. The number of amides is 1. The van der Waals surface area contributed by atoms with Crippen LogP contribution in [-0.4, -0.2) is 11.4 Å². The zero-order valence-electron chi connectivity index (χ0n) is 9.84. The molecular formula is C12H20N2O. The SMILES string of the molecule is CC(C)(C)NC(=O)[C@@H]1CCC[C@H](C#N)C1. The molecule has 3 nitrogen and oxygen atoms in total. The number of hydrogen-bond donors (Lipinski definition) is 1. The number of nitrogens with one attached hydrogen (secondary N) is 1. The highest BCUT2D eigenvalue weighted by atomic mass is 16.2. The van der Waals surface area contributed by atoms with Gasteiger partial charge in [0.05, 0.1) is 6.07 Å². The Morgan fingerprint density at radius 2 is 2.07 bits per heavy atom. The number of carbonyl (C=O) groups is 1. The van der Waals surface area contributed by atoms with Crippen LogP contribution in [0.15, 0.2) is 0 Å². The van der Waals surface area contributed by atoms with Gasteiger partial charge in [-0.2, -0.15) is 5.26 Å². The van der Waals surface area contributed by atoms with E-state index in [1.165, 1.54) is 0 Å². The van der Waals surface area contributed by atoms with Gasteiger partial charge in [-0.3, -0.25) is 4.79 Å². The van der Waals surface area contributed by atoms with Crippen molar-refractivity contribution in [1.29, 1.82) is 5.26 Å². The van der Waals surface area contributed by atoms with E-state index in [9.17, 15) is 4.79 Å². The van der Waals surface area contributed by atoms with Crippen LogP contribution in [0.3, 0.4) is 0 Å². The molecule has 0 unspecified atom stereocenters. The van der Waals surface area contributed by atoms with Crippen molar-refractivity contribution in [1.82, 2.24) is 5.32 Å². The fraction of sp³-hybridized carbons (Fsp3) is 0.833. The maximum absolute atomic E-state index is 11.9. The van der Waals surface area contributed by atoms with Crippen LogP contribution < -0.4 is 5.32 Å². The summed E-state index contributed by atoms with van der Waals surface area (Å²) < 4.78 is 0. The lowest BCUT2D eigenvalue weighted by atomic mass is 9.81. The molecule has 0 bridgehead atoms. The first-order chi connectivity index (χ1) is 6.92. The van der Waals surface area contributed by atoms with E-state index < -0.39 is 0 Å². The molecule has 2 atom stereocenters. The fourth-order valence-corrected chi connectivity index (χ4v) is 2.02. The number of nitriles is 1. The van der Waals surface area contributed by atoms with Gasteiger partial charge in [-0.15, -0.1) is 0 Å². The third-order valence-electron chi connectivity index (χ3n) is 2.73. The Labute approximate surface area is 91.9 Å². The van der Waals surface area contributed by atoms with E-state index in [4.69, 9.17) is 5.26 Å². The summed E-state index contributed by atoms with van der Waals surface area (Å²) in [4.78, 5) is 11.9. The Bertz CT molecular complexity index is 272. The minimum Gasteiger partial charge on any atom is -0.351 e. The quantitative estimate of drug-likeness (QED) is 0.718. The van der Waals surface area contributed by atoms with Crippen LogP contribution in [0, 0.1) is 23.2 Å². The van der Waals surface area contributed by atoms with Crippen molar-refractivity contribution in [2.24, 2.45) is 11.8 Å². The van der Waals surface area contributed by atoms with Crippen LogP contribution in [-0.2, 0) is 4.79 Å². The molecule has 0 heterocycles. The first-order valence-corrected chi connectivity index (χ1v) is 5.64. The molecule has 1 rings (SSSR count). The summed E-state index contributed by atoms with van der Waals surface area (Å²) in [5, 5.41) is 11.8. The predicted octanol–water partition coefficient (Wildman–Crippen LogP) is 2.23. The average Bonchev–Trinajstić information content (AvgIpc) is 2.15. The standard InChI is InChI=1S/C12H20N2O/c1-12(2,3)14-11(15)10-6-4-5-9(7-10)8-13/h9-10H,4-7H2,1-3H3,(H,14,15)/t9-,10+/m0/s1. The second kappa shape index (κ2) is 4.65. The number of nitrogens with zero attached hydrogens (tertiary/aromatic N) is 1. The molecule has 15 heavy (non-hydrogen) atoms. The second-order valence-electron chi connectivity index (χ2n) is 5.43. The molecule has 1 saturated carbocycles. The molecule has 0 aromatic rings. The van der Waals surface area contributed by atoms with E-state index in [2.05, 4.69) is 11.4 Å². The minimum atomic E-state index is -0.170. The van der Waals surface area contributed by atoms with E-state index in [0.29, 0.717) is 0 Å². The zero-order chi connectivity index (χ0) is 11.5. The molecule has 1 amide bonds. The third kappa shape index (κ3) is 3.91. The highest BCUT2D eigenvalue weighted by Crippen LogP contribution is 2.28. The van der Waals surface area contributed by atoms with Crippen molar-refractivity contribution in [3.05, 3.63) is 0 Å². The van der Waals surface area contributed by atoms with E-state index in [-0.39, 0.29) is 23.3 Å². The summed E-state index contributed by atoms with van der Waals surface area (Å²) in [6.07, 6.45) is 3.62. The van der Waals surface area contributed by atoms with Crippen LogP contribution in [0.5, 0.6) is 0 Å². The second-order valence-corrected chi connectivity index (χ2v) is 5.43. The van der Waals surface area contributed by atoms with E-state index in [1.54, 1.807) is 0 Å². The van der Waals surface area contributed by atoms with Crippen molar-refractivity contribution in [2.75, 3.05) is 0 Å². The molecule has 1 N–H and O–H groups in total. The van der Waals surface area contributed by atoms with Crippen LogP contribution >= 0.6 is 0 Å². The van der Waals surface area contributed by atoms with Crippen LogP contribution in [0.25, 0.3) is 0 Å². The maximum Gasteiger partial charge on any atom is 0.223 e. The molecule has 1 aliphatic carbocycles. The Hall–Kier alpha value is -1.04. The highest BCUT2D eigenvalue weighted by molar-refractivity contribution is 5.79. The van der Waals surface area contributed by atoms with Crippen molar-refractivity contribution in [3.8, 4) is 6.07 Å². The predicted molar refractivity (Wildman–Crippen MR) is 59.0 cm³/mol. The van der Waals surface area contributed by atoms with Gasteiger partial charge in [0.1, 0.15) is 0 Å². The van der Waals surface area contributed by atoms with Gasteiger partial charge in [0.25, 0.3) is 0 Å². The summed E-state index contributed by atoms with van der Waals surface area (Å²) in [6.45, 7) is 5.94. The van der Waals surface area contributed by atoms with Crippen LogP contribution in [0.1, 0.15) is 46.5 Å². The van der Waals surface area contributed by atoms with Gasteiger partial charge in [-0.05, 0) is 40.0 Å². The lowest BCUT2D eigenvalue weighted by Crippen LogP contribution is -2.44. The molecule has 0 radical (unpaired) electrons. The van der Waals surface area contributed by atoms with Crippen LogP contribution in [0.2, 0.25) is 0 Å². The normalized spacial score (nSPS) is 26.8. The lowest BCUT2D eigenvalue weighted by molar-refractivity contribution is -0.127. The lowest BCUT2D eigenvalue weighted by Gasteiger charge is -2.28. The summed E-state index contributed by atoms with van der Waals surface area (Å²) >= 11 is 0. The minimum absolute atomic E-state index is 0.0441. The summed E-state index contributed by atoms with van der Waals surface area (Å²) in [7, 11) is 0. The van der Waals surface area contributed by atoms with Crippen molar-refractivity contribution >= 4 is 5.91 Å². The van der Waals surface area contributed by atoms with Gasteiger partial charge in [0.15, 0.2) is 0 Å². The smallest absolute Gasteiger partial charge is 0.223 e. The van der Waals surface area contributed by atoms with Gasteiger partial charge in [0.2, 0.25) is 5.91 Å². The van der Waals surface area contributed by atoms with Gasteiger partial charge in [0, 0.05) is 17.4 Å². The summed E-state index contributed by atoms with van der Waals surface area (Å²) in [6, 6.07) is 2.27. The molecular weight excluding hydrogens is 188 g/mol. The molecule has 84 valence electrons. The van der Waals surface area contributed by atoms with Crippen molar-refractivity contribution in [2.45, 2.75) is 52.0 Å². The fourth-order valence-electron chi connectivity index (χ4n) is 2.02. The van der Waals surface area contributed by atoms with Crippen LogP contribution in [0.4, 0.5) is 0 Å². The molecule has 0 saturated heterocycles. The molecule has 0 aliphatic heterocycles. The molecule has 1 aliphatic rings. The largest absolute Gasteiger partial charge is 0.351 e. The van der Waals surface area contributed by atoms with Gasteiger partial charge >= 0.3 is 0 Å². The van der Waals surface area contributed by atoms with Crippen molar-refractivity contribution in [3.63, 3.8) is 0 Å². The zero-order valence-corrected chi connectivity index (χ0v) is 9.84. The van der Waals surface area contributed by atoms with E-state index in [0.717, 1.165) is 25.7 Å².